The molecule has 4 rings (SSSR count). The lowest BCUT2D eigenvalue weighted by Gasteiger charge is -2.36. The molecule has 2 aliphatic rings. The number of nitrogens with one attached hydrogen (secondary N) is 1. The summed E-state index contributed by atoms with van der Waals surface area (Å²) in [6, 6.07) is 2.86. The van der Waals surface area contributed by atoms with E-state index in [4.69, 9.17) is 9.26 Å². The Bertz CT molecular complexity index is 1130. The Morgan fingerprint density at radius 2 is 2.00 bits per heavy atom. The average Bonchev–Trinajstić information content (AvgIpc) is 3.39. The quantitative estimate of drug-likeness (QED) is 0.402. The van der Waals surface area contributed by atoms with Gasteiger partial charge in [-0.15, -0.1) is 0 Å². The fraction of sp³-hybridized carbons (Fsp3) is 0.522. The van der Waals surface area contributed by atoms with Gasteiger partial charge in [-0.1, -0.05) is 24.9 Å². The van der Waals surface area contributed by atoms with Gasteiger partial charge in [-0.2, -0.15) is 0 Å². The number of hydrogen-bond acceptors (Lipinski definition) is 7. The number of ether oxygens (including phenoxy) is 1. The Balaban J connectivity index is 1.39. The van der Waals surface area contributed by atoms with Gasteiger partial charge in [0, 0.05) is 23.0 Å². The van der Waals surface area contributed by atoms with Crippen LogP contribution in [-0.4, -0.2) is 57.0 Å². The number of esters is 1. The van der Waals surface area contributed by atoms with Crippen LogP contribution < -0.4 is 5.32 Å². The van der Waals surface area contributed by atoms with Gasteiger partial charge in [0.1, 0.15) is 17.8 Å². The molecule has 2 aromatic heterocycles. The molecule has 1 spiro atoms. The minimum atomic E-state index is -0.942. The van der Waals surface area contributed by atoms with Gasteiger partial charge in [0.25, 0.3) is 5.91 Å². The van der Waals surface area contributed by atoms with Gasteiger partial charge in [-0.25, -0.2) is 4.79 Å². The second-order valence-electron chi connectivity index (χ2n) is 8.94. The zero-order valence-corrected chi connectivity index (χ0v) is 19.3. The Morgan fingerprint density at radius 1 is 1.24 bits per heavy atom. The maximum atomic E-state index is 13.0. The standard InChI is InChI=1S/C23H28N4O6/c1-13-7-5-6-8-23(13)21(30)26(22(31)24-23)11-20(29)32-12-18(28)17-9-14(2)27(16(17)4)19-10-15(3)33-25-19/h9-10,13H,5-8,11-12H2,1-4H3,(H,24,31)/t13-,23-/m1/s1. The molecule has 2 atom stereocenters. The molecule has 0 radical (unpaired) electrons. The van der Waals surface area contributed by atoms with Crippen LogP contribution in [0.2, 0.25) is 0 Å². The van der Waals surface area contributed by atoms with Crippen LogP contribution in [0.1, 0.15) is 60.1 Å². The van der Waals surface area contributed by atoms with Crippen molar-refractivity contribution in [1.82, 2.24) is 19.9 Å². The molecule has 0 aromatic carbocycles. The summed E-state index contributed by atoms with van der Waals surface area (Å²) in [4.78, 5) is 51.4. The molecule has 3 heterocycles. The highest BCUT2D eigenvalue weighted by Crippen LogP contribution is 2.38. The van der Waals surface area contributed by atoms with Crippen LogP contribution in [0.3, 0.4) is 0 Å². The molecule has 1 aliphatic heterocycles. The number of aromatic nitrogens is 2. The minimum Gasteiger partial charge on any atom is -0.456 e. The Labute approximate surface area is 191 Å². The molecule has 3 amide bonds. The molecular weight excluding hydrogens is 428 g/mol. The van der Waals surface area contributed by atoms with E-state index in [9.17, 15) is 19.2 Å². The predicted octanol–water partition coefficient (Wildman–Crippen LogP) is 2.62. The third-order valence-corrected chi connectivity index (χ3v) is 6.73. The number of aryl methyl sites for hydroxylation is 2. The summed E-state index contributed by atoms with van der Waals surface area (Å²) in [6.45, 7) is 6.30. The van der Waals surface area contributed by atoms with Gasteiger partial charge >= 0.3 is 12.0 Å². The Morgan fingerprint density at radius 3 is 2.67 bits per heavy atom. The number of Topliss-reactive ketones (excluding diaryl/α,β-unsaturated/α-hetero) is 1. The van der Waals surface area contributed by atoms with E-state index in [1.54, 1.807) is 30.5 Å². The van der Waals surface area contributed by atoms with Gasteiger partial charge in [-0.3, -0.25) is 23.9 Å². The molecule has 33 heavy (non-hydrogen) atoms. The molecular formula is C23H28N4O6. The highest BCUT2D eigenvalue weighted by Gasteiger charge is 2.55. The maximum Gasteiger partial charge on any atom is 0.326 e. The molecule has 1 N–H and O–H groups in total. The Kier molecular flexibility index (Phi) is 5.85. The van der Waals surface area contributed by atoms with E-state index in [0.29, 0.717) is 29.3 Å². The number of carbonyl (C=O) groups excluding carboxylic acids is 4. The first kappa shape index (κ1) is 22.8. The first-order valence-electron chi connectivity index (χ1n) is 11.1. The first-order chi connectivity index (χ1) is 15.6. The van der Waals surface area contributed by atoms with E-state index in [1.165, 1.54) is 0 Å². The number of imide groups is 1. The van der Waals surface area contributed by atoms with Crippen LogP contribution in [0.15, 0.2) is 16.7 Å². The summed E-state index contributed by atoms with van der Waals surface area (Å²) in [5.41, 5.74) is 0.874. The monoisotopic (exact) mass is 456 g/mol. The van der Waals surface area contributed by atoms with Gasteiger partial charge in [0.2, 0.25) is 5.78 Å². The molecule has 0 bridgehead atoms. The topological polar surface area (TPSA) is 124 Å². The molecule has 0 unspecified atom stereocenters. The van der Waals surface area contributed by atoms with E-state index in [2.05, 4.69) is 10.5 Å². The zero-order chi connectivity index (χ0) is 23.9. The molecule has 10 nitrogen and oxygen atoms in total. The van der Waals surface area contributed by atoms with Crippen LogP contribution in [0.25, 0.3) is 5.82 Å². The van der Waals surface area contributed by atoms with E-state index >= 15 is 0 Å². The van der Waals surface area contributed by atoms with Gasteiger partial charge < -0.3 is 14.6 Å². The van der Waals surface area contributed by atoms with Crippen LogP contribution in [0.4, 0.5) is 4.79 Å². The van der Waals surface area contributed by atoms with E-state index in [1.807, 2.05) is 13.8 Å². The van der Waals surface area contributed by atoms with Crippen LogP contribution in [0.5, 0.6) is 0 Å². The van der Waals surface area contributed by atoms with Crippen LogP contribution >= 0.6 is 0 Å². The number of urea groups is 1. The molecule has 10 heteroatoms. The lowest BCUT2D eigenvalue weighted by Crippen LogP contribution is -2.54. The van der Waals surface area contributed by atoms with Crippen molar-refractivity contribution in [2.75, 3.05) is 13.2 Å². The molecule has 2 aromatic rings. The first-order valence-corrected chi connectivity index (χ1v) is 11.1. The average molecular weight is 456 g/mol. The second kappa shape index (κ2) is 8.49. The van der Waals surface area contributed by atoms with Crippen molar-refractivity contribution in [3.05, 3.63) is 34.8 Å². The Hall–Kier alpha value is -3.43. The third kappa shape index (κ3) is 3.94. The third-order valence-electron chi connectivity index (χ3n) is 6.73. The lowest BCUT2D eigenvalue weighted by atomic mass is 9.73. The van der Waals surface area contributed by atoms with Crippen LogP contribution in [0, 0.1) is 26.7 Å². The van der Waals surface area contributed by atoms with Gasteiger partial charge in [-0.05, 0) is 45.6 Å². The molecule has 176 valence electrons. The largest absolute Gasteiger partial charge is 0.456 e. The van der Waals surface area contributed by atoms with Crippen molar-refractivity contribution in [3.63, 3.8) is 0 Å². The lowest BCUT2D eigenvalue weighted by molar-refractivity contribution is -0.147. The number of rotatable bonds is 6. The smallest absolute Gasteiger partial charge is 0.326 e. The van der Waals surface area contributed by atoms with Gasteiger partial charge in [0.15, 0.2) is 12.4 Å². The summed E-state index contributed by atoms with van der Waals surface area (Å²) in [5, 5.41) is 6.78. The number of carbonyl (C=O) groups is 4. The molecule has 2 fully saturated rings. The van der Waals surface area contributed by atoms with Crippen molar-refractivity contribution in [3.8, 4) is 5.82 Å². The summed E-state index contributed by atoms with van der Waals surface area (Å²) in [5.74, 6) is -0.401. The fourth-order valence-corrected chi connectivity index (χ4v) is 4.89. The number of nitrogens with zero attached hydrogens (tertiary/aromatic N) is 3. The maximum absolute atomic E-state index is 13.0. The normalized spacial score (nSPS) is 22.7. The van der Waals surface area contributed by atoms with Crippen molar-refractivity contribution in [2.45, 2.75) is 58.9 Å². The minimum absolute atomic E-state index is 0.00551. The van der Waals surface area contributed by atoms with Crippen LogP contribution in [-0.2, 0) is 14.3 Å². The SMILES string of the molecule is Cc1cc(-n2c(C)cc(C(=O)COC(=O)CN3C(=O)N[C@@]4(CCCC[C@H]4C)C3=O)c2C)no1. The van der Waals surface area contributed by atoms with E-state index in [0.717, 1.165) is 29.9 Å². The van der Waals surface area contributed by atoms with Crippen molar-refractivity contribution in [1.29, 1.82) is 0 Å². The van der Waals surface area contributed by atoms with E-state index < -0.39 is 42.4 Å². The molecule has 1 saturated heterocycles. The number of ketones is 1. The summed E-state index contributed by atoms with van der Waals surface area (Å²) in [6.07, 6.45) is 3.25. The number of hydrogen-bond donors (Lipinski definition) is 1. The second-order valence-corrected chi connectivity index (χ2v) is 8.94. The predicted molar refractivity (Wildman–Crippen MR) is 116 cm³/mol. The highest BCUT2D eigenvalue weighted by atomic mass is 16.5. The summed E-state index contributed by atoms with van der Waals surface area (Å²) >= 11 is 0. The van der Waals surface area contributed by atoms with Crippen molar-refractivity contribution >= 4 is 23.7 Å². The van der Waals surface area contributed by atoms with Crippen molar-refractivity contribution in [2.24, 2.45) is 5.92 Å². The zero-order valence-electron chi connectivity index (χ0n) is 19.3. The molecule has 1 saturated carbocycles. The number of amides is 3. The van der Waals surface area contributed by atoms with E-state index in [-0.39, 0.29) is 5.92 Å². The summed E-state index contributed by atoms with van der Waals surface area (Å²) < 4.78 is 12.0. The van der Waals surface area contributed by atoms with Crippen molar-refractivity contribution < 1.29 is 28.4 Å². The highest BCUT2D eigenvalue weighted by molar-refractivity contribution is 6.09. The fourth-order valence-electron chi connectivity index (χ4n) is 4.89. The summed E-state index contributed by atoms with van der Waals surface area (Å²) in [7, 11) is 0. The van der Waals surface area contributed by atoms with Gasteiger partial charge in [0.05, 0.1) is 0 Å². The molecule has 1 aliphatic carbocycles.